The van der Waals surface area contributed by atoms with Crippen molar-refractivity contribution in [2.24, 2.45) is 0 Å². The second-order valence-corrected chi connectivity index (χ2v) is 6.46. The van der Waals surface area contributed by atoms with Gasteiger partial charge in [0.15, 0.2) is 0 Å². The van der Waals surface area contributed by atoms with Crippen molar-refractivity contribution in [3.63, 3.8) is 0 Å². The van der Waals surface area contributed by atoms with E-state index in [2.05, 4.69) is 37.5 Å². The summed E-state index contributed by atoms with van der Waals surface area (Å²) in [6.45, 7) is 14.7. The average molecular weight is 361 g/mol. The van der Waals surface area contributed by atoms with Gasteiger partial charge in [-0.25, -0.2) is 4.79 Å². The molecule has 144 valence electrons. The van der Waals surface area contributed by atoms with Crippen molar-refractivity contribution in [3.8, 4) is 0 Å². The van der Waals surface area contributed by atoms with Crippen molar-refractivity contribution < 1.29 is 0 Å². The van der Waals surface area contributed by atoms with Gasteiger partial charge in [0.1, 0.15) is 0 Å². The van der Waals surface area contributed by atoms with Crippen LogP contribution >= 0.6 is 0 Å². The molecular weight excluding hydrogens is 328 g/mol. The Hall–Kier alpha value is -1.92. The third-order valence-corrected chi connectivity index (χ3v) is 5.20. The molecule has 0 aliphatic carbocycles. The summed E-state index contributed by atoms with van der Waals surface area (Å²) in [5.41, 5.74) is 0.346. The highest BCUT2D eigenvalue weighted by Crippen LogP contribution is 2.08. The second-order valence-electron chi connectivity index (χ2n) is 6.46. The molecule has 0 saturated heterocycles. The van der Waals surface area contributed by atoms with Crippen LogP contribution in [-0.2, 0) is 13.1 Å². The van der Waals surface area contributed by atoms with Gasteiger partial charge in [-0.05, 0) is 38.3 Å². The van der Waals surface area contributed by atoms with Gasteiger partial charge >= 0.3 is 5.69 Å². The number of hydrogen-bond donors (Lipinski definition) is 0. The molecular formula is C20H32N4O2. The fourth-order valence-electron chi connectivity index (χ4n) is 3.35. The first-order valence-corrected chi connectivity index (χ1v) is 9.74. The minimum atomic E-state index is -0.201. The van der Waals surface area contributed by atoms with Crippen molar-refractivity contribution in [1.29, 1.82) is 0 Å². The van der Waals surface area contributed by atoms with E-state index in [1.54, 1.807) is 4.57 Å². The molecule has 0 radical (unpaired) electrons. The van der Waals surface area contributed by atoms with Crippen LogP contribution in [-0.4, -0.2) is 58.2 Å². The van der Waals surface area contributed by atoms with Crippen LogP contribution in [0.15, 0.2) is 33.9 Å². The normalized spacial score (nSPS) is 11.8. The number of fused-ring (bicyclic) bond motifs is 1. The van der Waals surface area contributed by atoms with E-state index in [4.69, 9.17) is 0 Å². The van der Waals surface area contributed by atoms with Gasteiger partial charge in [-0.15, -0.1) is 0 Å². The van der Waals surface area contributed by atoms with E-state index in [9.17, 15) is 9.59 Å². The molecule has 0 aliphatic heterocycles. The molecule has 0 unspecified atom stereocenters. The van der Waals surface area contributed by atoms with Gasteiger partial charge in [0.25, 0.3) is 5.56 Å². The third kappa shape index (κ3) is 4.43. The lowest BCUT2D eigenvalue weighted by molar-refractivity contribution is 0.279. The molecule has 0 saturated carbocycles. The van der Waals surface area contributed by atoms with Crippen molar-refractivity contribution in [1.82, 2.24) is 18.9 Å². The minimum absolute atomic E-state index is 0.183. The molecule has 6 heteroatoms. The van der Waals surface area contributed by atoms with Gasteiger partial charge in [-0.3, -0.25) is 13.9 Å². The molecule has 0 bridgehead atoms. The summed E-state index contributed by atoms with van der Waals surface area (Å²) in [5, 5.41) is 0.617. The molecule has 1 aromatic carbocycles. The number of hydrogen-bond acceptors (Lipinski definition) is 4. The molecule has 2 aromatic rings. The molecule has 0 N–H and O–H groups in total. The first-order valence-electron chi connectivity index (χ1n) is 9.74. The molecule has 0 amide bonds. The van der Waals surface area contributed by atoms with Crippen LogP contribution in [0.2, 0.25) is 0 Å². The SMILES string of the molecule is CCN(CC)CCn1c(=O)c2ccccc2n(CCN(CC)CC)c1=O. The Labute approximate surface area is 155 Å². The Morgan fingerprint density at radius 2 is 1.27 bits per heavy atom. The Bertz CT molecular complexity index is 817. The summed E-state index contributed by atoms with van der Waals surface area (Å²) in [6.07, 6.45) is 0. The molecule has 0 atom stereocenters. The first kappa shape index (κ1) is 20.4. The monoisotopic (exact) mass is 360 g/mol. The molecule has 0 spiro atoms. The largest absolute Gasteiger partial charge is 0.331 e. The minimum Gasteiger partial charge on any atom is -0.302 e. The van der Waals surface area contributed by atoms with E-state index in [1.165, 1.54) is 4.57 Å². The van der Waals surface area contributed by atoms with Gasteiger partial charge in [0, 0.05) is 26.2 Å². The highest BCUT2D eigenvalue weighted by molar-refractivity contribution is 5.77. The van der Waals surface area contributed by atoms with E-state index in [0.29, 0.717) is 25.0 Å². The number of aromatic nitrogens is 2. The van der Waals surface area contributed by atoms with Crippen LogP contribution in [0.1, 0.15) is 27.7 Å². The number of benzene rings is 1. The fraction of sp³-hybridized carbons (Fsp3) is 0.600. The van der Waals surface area contributed by atoms with Crippen LogP contribution in [0.5, 0.6) is 0 Å². The van der Waals surface area contributed by atoms with E-state index in [1.807, 2.05) is 24.3 Å². The molecule has 0 aliphatic rings. The van der Waals surface area contributed by atoms with E-state index >= 15 is 0 Å². The zero-order valence-corrected chi connectivity index (χ0v) is 16.6. The van der Waals surface area contributed by atoms with Crippen LogP contribution < -0.4 is 11.2 Å². The summed E-state index contributed by atoms with van der Waals surface area (Å²) in [6, 6.07) is 7.43. The third-order valence-electron chi connectivity index (χ3n) is 5.20. The highest BCUT2D eigenvalue weighted by atomic mass is 16.2. The lowest BCUT2D eigenvalue weighted by Gasteiger charge is -2.21. The second kappa shape index (κ2) is 9.69. The van der Waals surface area contributed by atoms with Crippen molar-refractivity contribution in [3.05, 3.63) is 45.1 Å². The maximum atomic E-state index is 13.1. The summed E-state index contributed by atoms with van der Waals surface area (Å²) in [4.78, 5) is 30.4. The topological polar surface area (TPSA) is 50.5 Å². The predicted molar refractivity (Wildman–Crippen MR) is 108 cm³/mol. The summed E-state index contributed by atoms with van der Waals surface area (Å²) in [5.74, 6) is 0. The van der Waals surface area contributed by atoms with Gasteiger partial charge in [0.05, 0.1) is 10.9 Å². The van der Waals surface area contributed by atoms with Crippen molar-refractivity contribution in [2.75, 3.05) is 39.3 Å². The summed E-state index contributed by atoms with van der Waals surface area (Å²) >= 11 is 0. The Morgan fingerprint density at radius 1 is 0.769 bits per heavy atom. The maximum absolute atomic E-state index is 13.1. The Morgan fingerprint density at radius 3 is 1.81 bits per heavy atom. The number of rotatable bonds is 10. The zero-order valence-electron chi connectivity index (χ0n) is 16.6. The average Bonchev–Trinajstić information content (AvgIpc) is 2.67. The first-order chi connectivity index (χ1) is 12.6. The fourth-order valence-corrected chi connectivity index (χ4v) is 3.35. The molecule has 1 heterocycles. The van der Waals surface area contributed by atoms with Crippen LogP contribution in [0.25, 0.3) is 10.9 Å². The molecule has 2 rings (SSSR count). The number of para-hydroxylation sites is 1. The van der Waals surface area contributed by atoms with Crippen molar-refractivity contribution >= 4 is 10.9 Å². The Balaban J connectivity index is 2.46. The van der Waals surface area contributed by atoms with Gasteiger partial charge in [-0.2, -0.15) is 0 Å². The lowest BCUT2D eigenvalue weighted by atomic mass is 10.2. The van der Waals surface area contributed by atoms with Crippen LogP contribution in [0.3, 0.4) is 0 Å². The highest BCUT2D eigenvalue weighted by Gasteiger charge is 2.14. The van der Waals surface area contributed by atoms with Gasteiger partial charge in [0.2, 0.25) is 0 Å². The van der Waals surface area contributed by atoms with Gasteiger partial charge in [-0.1, -0.05) is 39.8 Å². The van der Waals surface area contributed by atoms with Crippen molar-refractivity contribution in [2.45, 2.75) is 40.8 Å². The lowest BCUT2D eigenvalue weighted by Crippen LogP contribution is -2.44. The Kier molecular flexibility index (Phi) is 7.60. The molecule has 26 heavy (non-hydrogen) atoms. The van der Waals surface area contributed by atoms with Crippen LogP contribution in [0, 0.1) is 0 Å². The smallest absolute Gasteiger partial charge is 0.302 e. The van der Waals surface area contributed by atoms with E-state index in [0.717, 1.165) is 38.2 Å². The number of likely N-dealkylation sites (N-methyl/N-ethyl adjacent to an activating group) is 2. The zero-order chi connectivity index (χ0) is 19.1. The van der Waals surface area contributed by atoms with E-state index in [-0.39, 0.29) is 11.2 Å². The standard InChI is InChI=1S/C20H32N4O2/c1-5-21(6-2)13-15-23-18-12-10-9-11-17(18)19(25)24(20(23)26)16-14-22(7-3)8-4/h9-12H,5-8,13-16H2,1-4H3. The predicted octanol–water partition coefficient (Wildman–Crippen LogP) is 1.85. The molecule has 0 fully saturated rings. The summed E-state index contributed by atoms with van der Waals surface area (Å²) < 4.78 is 3.17. The quantitative estimate of drug-likeness (QED) is 0.649. The van der Waals surface area contributed by atoms with Gasteiger partial charge < -0.3 is 9.80 Å². The molecule has 6 nitrogen and oxygen atoms in total. The number of nitrogens with zero attached hydrogens (tertiary/aromatic N) is 4. The van der Waals surface area contributed by atoms with E-state index < -0.39 is 0 Å². The summed E-state index contributed by atoms with van der Waals surface area (Å²) in [7, 11) is 0. The van der Waals surface area contributed by atoms with Crippen LogP contribution in [0.4, 0.5) is 0 Å². The molecule has 1 aromatic heterocycles. The maximum Gasteiger partial charge on any atom is 0.331 e.